The summed E-state index contributed by atoms with van der Waals surface area (Å²) in [7, 11) is 0. The highest BCUT2D eigenvalue weighted by molar-refractivity contribution is 6.18. The Labute approximate surface area is 169 Å². The first-order chi connectivity index (χ1) is 13.6. The Hall–Kier alpha value is -3.71. The Morgan fingerprint density at radius 2 is 2.03 bits per heavy atom. The molecule has 3 rings (SSSR count). The van der Waals surface area contributed by atoms with E-state index in [4.69, 9.17) is 21.6 Å². The van der Waals surface area contributed by atoms with Crippen LogP contribution in [0.2, 0.25) is 0 Å². The van der Waals surface area contributed by atoms with Gasteiger partial charge in [0.25, 0.3) is 0 Å². The number of terminal acetylenes is 1. The maximum Gasteiger partial charge on any atom is 0.339 e. The van der Waals surface area contributed by atoms with Crippen LogP contribution in [0.15, 0.2) is 47.1 Å². The summed E-state index contributed by atoms with van der Waals surface area (Å²) in [5.41, 5.74) is 4.09. The highest BCUT2D eigenvalue weighted by Crippen LogP contribution is 2.54. The highest BCUT2D eigenvalue weighted by Gasteiger charge is 2.62. The van der Waals surface area contributed by atoms with Crippen LogP contribution in [0.25, 0.3) is 0 Å². The van der Waals surface area contributed by atoms with E-state index in [9.17, 15) is 14.9 Å². The van der Waals surface area contributed by atoms with Gasteiger partial charge in [-0.25, -0.2) is 4.79 Å². The number of hydrogen-bond donors (Lipinski definition) is 1. The van der Waals surface area contributed by atoms with Gasteiger partial charge in [0.2, 0.25) is 11.8 Å². The van der Waals surface area contributed by atoms with Gasteiger partial charge in [0, 0.05) is 11.3 Å². The van der Waals surface area contributed by atoms with Gasteiger partial charge in [-0.05, 0) is 33.8 Å². The molecule has 0 aromatic heterocycles. The number of nitriles is 1. The molecule has 0 saturated carbocycles. The first-order valence-corrected chi connectivity index (χ1v) is 8.97. The van der Waals surface area contributed by atoms with Crippen molar-refractivity contribution in [2.24, 2.45) is 5.73 Å². The molecule has 2 heterocycles. The molecule has 0 fully saturated rings. The Morgan fingerprint density at radius 1 is 1.38 bits per heavy atom. The fourth-order valence-corrected chi connectivity index (χ4v) is 3.79. The van der Waals surface area contributed by atoms with E-state index >= 15 is 0 Å². The number of anilines is 1. The van der Waals surface area contributed by atoms with Crippen molar-refractivity contribution in [2.45, 2.75) is 38.7 Å². The molecule has 2 aliphatic rings. The minimum Gasteiger partial charge on any atom is -0.456 e. The fourth-order valence-electron chi connectivity index (χ4n) is 3.79. The predicted molar refractivity (Wildman–Crippen MR) is 106 cm³/mol. The molecular formula is C22H21N3O4. The molecule has 2 N–H and O–H groups in total. The van der Waals surface area contributed by atoms with E-state index in [1.807, 2.05) is 6.07 Å². The molecule has 1 amide bonds. The van der Waals surface area contributed by atoms with Crippen molar-refractivity contribution in [3.63, 3.8) is 0 Å². The Balaban J connectivity index is 2.39. The second-order valence-corrected chi connectivity index (χ2v) is 7.75. The standard InChI is InChI=1S/C22H21N3O4/c1-6-11-25-16-10-8-7-9-14(16)22(20(25)27)15(12-23)18(24)28-13(2)17(22)19(26)29-21(3,4)5/h1,7-10H,11,24H2,2-5H3. The zero-order valence-corrected chi connectivity index (χ0v) is 16.7. The Kier molecular flexibility index (Phi) is 4.64. The van der Waals surface area contributed by atoms with Crippen molar-refractivity contribution in [2.75, 3.05) is 11.4 Å². The largest absolute Gasteiger partial charge is 0.456 e. The number of fused-ring (bicyclic) bond motifs is 2. The highest BCUT2D eigenvalue weighted by atomic mass is 16.6. The normalized spacial score (nSPS) is 20.9. The van der Waals surface area contributed by atoms with E-state index in [0.29, 0.717) is 11.3 Å². The average molecular weight is 391 g/mol. The molecule has 1 spiro atoms. The number of para-hydroxylation sites is 1. The summed E-state index contributed by atoms with van der Waals surface area (Å²) in [6.45, 7) is 6.62. The van der Waals surface area contributed by atoms with Crippen LogP contribution < -0.4 is 10.6 Å². The summed E-state index contributed by atoms with van der Waals surface area (Å²) in [6.07, 6.45) is 5.47. The minimum absolute atomic E-state index is 0.0300. The van der Waals surface area contributed by atoms with Crippen LogP contribution in [0.4, 0.5) is 5.69 Å². The van der Waals surface area contributed by atoms with E-state index in [-0.39, 0.29) is 29.3 Å². The summed E-state index contributed by atoms with van der Waals surface area (Å²) in [5.74, 6) is 1.01. The molecule has 0 saturated heterocycles. The number of ether oxygens (including phenoxy) is 2. The van der Waals surface area contributed by atoms with Crippen LogP contribution in [-0.2, 0) is 24.5 Å². The number of allylic oxidation sites excluding steroid dienone is 1. The summed E-state index contributed by atoms with van der Waals surface area (Å²) in [6, 6.07) is 8.83. The van der Waals surface area contributed by atoms with Gasteiger partial charge < -0.3 is 15.2 Å². The molecule has 148 valence electrons. The number of carbonyl (C=O) groups excluding carboxylic acids is 2. The number of benzene rings is 1. The lowest BCUT2D eigenvalue weighted by Crippen LogP contribution is -2.49. The van der Waals surface area contributed by atoms with E-state index < -0.39 is 22.9 Å². The first kappa shape index (κ1) is 20.0. The van der Waals surface area contributed by atoms with Crippen molar-refractivity contribution in [3.8, 4) is 18.4 Å². The summed E-state index contributed by atoms with van der Waals surface area (Å²) in [4.78, 5) is 28.4. The molecule has 0 radical (unpaired) electrons. The van der Waals surface area contributed by atoms with Crippen LogP contribution in [0.5, 0.6) is 0 Å². The van der Waals surface area contributed by atoms with Crippen LogP contribution in [-0.4, -0.2) is 24.0 Å². The number of carbonyl (C=O) groups is 2. The van der Waals surface area contributed by atoms with Crippen molar-refractivity contribution < 1.29 is 19.1 Å². The van der Waals surface area contributed by atoms with Gasteiger partial charge in [-0.3, -0.25) is 9.69 Å². The number of hydrogen-bond acceptors (Lipinski definition) is 6. The van der Waals surface area contributed by atoms with Gasteiger partial charge in [-0.15, -0.1) is 6.42 Å². The van der Waals surface area contributed by atoms with Gasteiger partial charge in [0.05, 0.1) is 6.54 Å². The monoisotopic (exact) mass is 391 g/mol. The lowest BCUT2D eigenvalue weighted by molar-refractivity contribution is -0.151. The zero-order chi connectivity index (χ0) is 21.6. The zero-order valence-electron chi connectivity index (χ0n) is 16.7. The van der Waals surface area contributed by atoms with Gasteiger partial charge in [0.1, 0.15) is 28.6 Å². The summed E-state index contributed by atoms with van der Waals surface area (Å²) < 4.78 is 11.0. The second kappa shape index (κ2) is 6.72. The number of nitrogens with zero attached hydrogens (tertiary/aromatic N) is 2. The lowest BCUT2D eigenvalue weighted by atomic mass is 9.68. The van der Waals surface area contributed by atoms with Crippen molar-refractivity contribution in [1.82, 2.24) is 0 Å². The number of esters is 1. The quantitative estimate of drug-likeness (QED) is 0.612. The molecule has 0 aliphatic carbocycles. The van der Waals surface area contributed by atoms with Crippen LogP contribution in [0.1, 0.15) is 33.3 Å². The summed E-state index contributed by atoms with van der Waals surface area (Å²) in [5, 5.41) is 9.91. The van der Waals surface area contributed by atoms with Gasteiger partial charge in [-0.2, -0.15) is 5.26 Å². The van der Waals surface area contributed by atoms with Gasteiger partial charge in [0.15, 0.2) is 5.41 Å². The third-order valence-electron chi connectivity index (χ3n) is 4.74. The molecule has 0 bridgehead atoms. The van der Waals surface area contributed by atoms with Crippen LogP contribution in [0, 0.1) is 23.7 Å². The second-order valence-electron chi connectivity index (χ2n) is 7.75. The molecule has 1 aromatic rings. The molecule has 2 aliphatic heterocycles. The Morgan fingerprint density at radius 3 is 2.62 bits per heavy atom. The maximum absolute atomic E-state index is 13.8. The molecule has 1 aromatic carbocycles. The lowest BCUT2D eigenvalue weighted by Gasteiger charge is -2.35. The number of nitrogens with two attached hydrogens (primary N) is 1. The van der Waals surface area contributed by atoms with E-state index in [2.05, 4.69) is 5.92 Å². The fraction of sp³-hybridized carbons (Fsp3) is 0.318. The van der Waals surface area contributed by atoms with Crippen LogP contribution in [0.3, 0.4) is 0 Å². The van der Waals surface area contributed by atoms with Crippen molar-refractivity contribution >= 4 is 17.6 Å². The van der Waals surface area contributed by atoms with Crippen molar-refractivity contribution in [1.29, 1.82) is 5.26 Å². The number of amides is 1. The van der Waals surface area contributed by atoms with Gasteiger partial charge in [-0.1, -0.05) is 24.1 Å². The van der Waals surface area contributed by atoms with E-state index in [1.165, 1.54) is 11.8 Å². The molecular weight excluding hydrogens is 370 g/mol. The third kappa shape index (κ3) is 2.83. The van der Waals surface area contributed by atoms with Gasteiger partial charge >= 0.3 is 5.97 Å². The molecule has 1 unspecified atom stereocenters. The smallest absolute Gasteiger partial charge is 0.339 e. The number of rotatable bonds is 2. The van der Waals surface area contributed by atoms with E-state index in [0.717, 1.165) is 0 Å². The van der Waals surface area contributed by atoms with Crippen molar-refractivity contribution in [3.05, 3.63) is 52.6 Å². The first-order valence-electron chi connectivity index (χ1n) is 8.97. The molecule has 1 atom stereocenters. The summed E-state index contributed by atoms with van der Waals surface area (Å²) >= 11 is 0. The third-order valence-corrected chi connectivity index (χ3v) is 4.74. The SMILES string of the molecule is C#CCN1C(=O)C2(C(C#N)=C(N)OC(C)=C2C(=O)OC(C)(C)C)c2ccccc21. The molecule has 7 nitrogen and oxygen atoms in total. The predicted octanol–water partition coefficient (Wildman–Crippen LogP) is 2.24. The van der Waals surface area contributed by atoms with Crippen LogP contribution >= 0.6 is 0 Å². The topological polar surface area (TPSA) is 106 Å². The maximum atomic E-state index is 13.8. The Bertz CT molecular complexity index is 1060. The van der Waals surface area contributed by atoms with E-state index in [1.54, 1.807) is 45.0 Å². The average Bonchev–Trinajstić information content (AvgIpc) is 2.84. The minimum atomic E-state index is -1.78. The molecule has 7 heteroatoms. The molecule has 29 heavy (non-hydrogen) atoms.